The quantitative estimate of drug-likeness (QED) is 0.893. The van der Waals surface area contributed by atoms with Gasteiger partial charge >= 0.3 is 0 Å². The first-order valence-corrected chi connectivity index (χ1v) is 8.54. The normalized spacial score (nSPS) is 25.9. The molecule has 1 aromatic rings. The third-order valence-electron chi connectivity index (χ3n) is 5.05. The molecule has 1 aliphatic heterocycles. The van der Waals surface area contributed by atoms with Crippen molar-refractivity contribution >= 4 is 17.5 Å². The molecule has 0 spiro atoms. The summed E-state index contributed by atoms with van der Waals surface area (Å²) in [5.74, 6) is -0.543. The summed E-state index contributed by atoms with van der Waals surface area (Å²) in [5, 5.41) is 6.23. The second-order valence-electron chi connectivity index (χ2n) is 6.99. The van der Waals surface area contributed by atoms with Crippen molar-refractivity contribution < 1.29 is 14.0 Å². The number of fused-ring (bicyclic) bond motifs is 1. The lowest BCUT2D eigenvalue weighted by molar-refractivity contribution is -0.117. The maximum atomic E-state index is 13.8. The highest BCUT2D eigenvalue weighted by Crippen LogP contribution is 2.33. The van der Waals surface area contributed by atoms with Crippen molar-refractivity contribution in [3.05, 3.63) is 29.6 Å². The fraction of sp³-hybridized carbons (Fsp3) is 0.556. The molecule has 1 heterocycles. The van der Waals surface area contributed by atoms with E-state index in [1.54, 1.807) is 14.1 Å². The Morgan fingerprint density at radius 2 is 2.00 bits per heavy atom. The Kier molecular flexibility index (Phi) is 4.85. The van der Waals surface area contributed by atoms with E-state index in [2.05, 4.69) is 10.6 Å². The standard InChI is InChI=1S/C18H24FN3O2/c1-22(2)18(24)13-10-12(7-8-14(13)19)20-17(23)16-9-11-5-3-4-6-15(11)21-16/h7-8,10-11,15-16,21H,3-6,9H2,1-2H3,(H,20,23). The van der Waals surface area contributed by atoms with Crippen molar-refractivity contribution in [1.82, 2.24) is 10.2 Å². The first-order chi connectivity index (χ1) is 11.5. The Bertz CT molecular complexity index is 633. The smallest absolute Gasteiger partial charge is 0.256 e. The fourth-order valence-corrected chi connectivity index (χ4v) is 3.76. The second kappa shape index (κ2) is 6.89. The minimum absolute atomic E-state index is 0.0362. The van der Waals surface area contributed by atoms with Crippen molar-refractivity contribution in [1.29, 1.82) is 0 Å². The topological polar surface area (TPSA) is 61.4 Å². The molecular formula is C18H24FN3O2. The molecule has 2 N–H and O–H groups in total. The summed E-state index contributed by atoms with van der Waals surface area (Å²) in [6.45, 7) is 0. The van der Waals surface area contributed by atoms with E-state index in [4.69, 9.17) is 0 Å². The number of halogens is 1. The molecular weight excluding hydrogens is 309 g/mol. The van der Waals surface area contributed by atoms with Crippen LogP contribution in [0.15, 0.2) is 18.2 Å². The van der Waals surface area contributed by atoms with Gasteiger partial charge in [-0.05, 0) is 43.4 Å². The zero-order valence-electron chi connectivity index (χ0n) is 14.1. The van der Waals surface area contributed by atoms with Gasteiger partial charge in [0.05, 0.1) is 11.6 Å². The molecule has 1 saturated heterocycles. The number of amides is 2. The number of hydrogen-bond acceptors (Lipinski definition) is 3. The van der Waals surface area contributed by atoms with Crippen LogP contribution in [0.3, 0.4) is 0 Å². The number of nitrogens with one attached hydrogen (secondary N) is 2. The molecule has 24 heavy (non-hydrogen) atoms. The van der Waals surface area contributed by atoms with Crippen LogP contribution in [-0.2, 0) is 4.79 Å². The van der Waals surface area contributed by atoms with Gasteiger partial charge in [-0.2, -0.15) is 0 Å². The molecule has 3 rings (SSSR count). The lowest BCUT2D eigenvalue weighted by atomic mass is 9.85. The van der Waals surface area contributed by atoms with Gasteiger partial charge in [0, 0.05) is 25.8 Å². The Morgan fingerprint density at radius 3 is 2.71 bits per heavy atom. The van der Waals surface area contributed by atoms with E-state index in [0.717, 1.165) is 12.8 Å². The van der Waals surface area contributed by atoms with Gasteiger partial charge in [0.1, 0.15) is 5.82 Å². The number of nitrogens with zero attached hydrogens (tertiary/aromatic N) is 1. The van der Waals surface area contributed by atoms with E-state index in [9.17, 15) is 14.0 Å². The summed E-state index contributed by atoms with van der Waals surface area (Å²) in [7, 11) is 3.13. The zero-order chi connectivity index (χ0) is 17.3. The molecule has 2 aliphatic rings. The monoisotopic (exact) mass is 333 g/mol. The number of benzene rings is 1. The van der Waals surface area contributed by atoms with Gasteiger partial charge in [-0.3, -0.25) is 9.59 Å². The van der Waals surface area contributed by atoms with E-state index in [0.29, 0.717) is 17.6 Å². The third-order valence-corrected chi connectivity index (χ3v) is 5.05. The van der Waals surface area contributed by atoms with Crippen LogP contribution in [0.1, 0.15) is 42.5 Å². The molecule has 5 nitrogen and oxygen atoms in total. The summed E-state index contributed by atoms with van der Waals surface area (Å²) in [6.07, 6.45) is 5.62. The lowest BCUT2D eigenvalue weighted by Gasteiger charge is -2.24. The summed E-state index contributed by atoms with van der Waals surface area (Å²) in [4.78, 5) is 25.8. The van der Waals surface area contributed by atoms with Crippen LogP contribution in [0.4, 0.5) is 10.1 Å². The molecule has 130 valence electrons. The lowest BCUT2D eigenvalue weighted by Crippen LogP contribution is -2.39. The van der Waals surface area contributed by atoms with E-state index in [-0.39, 0.29) is 17.5 Å². The van der Waals surface area contributed by atoms with Gasteiger partial charge in [0.2, 0.25) is 5.91 Å². The SMILES string of the molecule is CN(C)C(=O)c1cc(NC(=O)C2CC3CCCCC3N2)ccc1F. The van der Waals surface area contributed by atoms with Gasteiger partial charge in [-0.1, -0.05) is 12.8 Å². The van der Waals surface area contributed by atoms with E-state index >= 15 is 0 Å². The maximum Gasteiger partial charge on any atom is 0.256 e. The molecule has 1 saturated carbocycles. The van der Waals surface area contributed by atoms with E-state index in [1.165, 1.54) is 42.4 Å². The fourth-order valence-electron chi connectivity index (χ4n) is 3.76. The van der Waals surface area contributed by atoms with Crippen LogP contribution in [0.25, 0.3) is 0 Å². The van der Waals surface area contributed by atoms with Gasteiger partial charge in [0.25, 0.3) is 5.91 Å². The van der Waals surface area contributed by atoms with E-state index < -0.39 is 11.7 Å². The van der Waals surface area contributed by atoms with E-state index in [1.807, 2.05) is 0 Å². The van der Waals surface area contributed by atoms with Crippen molar-refractivity contribution in [3.63, 3.8) is 0 Å². The van der Waals surface area contributed by atoms with Gasteiger partial charge in [-0.15, -0.1) is 0 Å². The summed E-state index contributed by atoms with van der Waals surface area (Å²) in [6, 6.07) is 4.33. The molecule has 3 unspecified atom stereocenters. The van der Waals surface area contributed by atoms with Crippen LogP contribution in [0.2, 0.25) is 0 Å². The summed E-state index contributed by atoms with van der Waals surface area (Å²) >= 11 is 0. The Hall–Kier alpha value is -1.95. The zero-order valence-corrected chi connectivity index (χ0v) is 14.1. The van der Waals surface area contributed by atoms with Crippen molar-refractivity contribution in [2.75, 3.05) is 19.4 Å². The number of rotatable bonds is 3. The van der Waals surface area contributed by atoms with Crippen LogP contribution >= 0.6 is 0 Å². The molecule has 3 atom stereocenters. The van der Waals surface area contributed by atoms with Gasteiger partial charge in [-0.25, -0.2) is 4.39 Å². The molecule has 0 bridgehead atoms. The molecule has 0 radical (unpaired) electrons. The second-order valence-corrected chi connectivity index (χ2v) is 6.99. The van der Waals surface area contributed by atoms with Crippen LogP contribution in [0, 0.1) is 11.7 Å². The highest BCUT2D eigenvalue weighted by molar-refractivity contribution is 5.98. The average Bonchev–Trinajstić information content (AvgIpc) is 3.00. The molecule has 2 amide bonds. The minimum Gasteiger partial charge on any atom is -0.345 e. The predicted octanol–water partition coefficient (Wildman–Crippen LogP) is 2.39. The minimum atomic E-state index is -0.586. The van der Waals surface area contributed by atoms with Gasteiger partial charge in [0.15, 0.2) is 0 Å². The first-order valence-electron chi connectivity index (χ1n) is 8.54. The van der Waals surface area contributed by atoms with Crippen molar-refractivity contribution in [2.24, 2.45) is 5.92 Å². The molecule has 0 aromatic heterocycles. The summed E-state index contributed by atoms with van der Waals surface area (Å²) in [5.41, 5.74) is 0.411. The largest absolute Gasteiger partial charge is 0.345 e. The Morgan fingerprint density at radius 1 is 1.25 bits per heavy atom. The number of hydrogen-bond donors (Lipinski definition) is 2. The van der Waals surface area contributed by atoms with Crippen LogP contribution in [-0.4, -0.2) is 42.9 Å². The number of carbonyl (C=O) groups excluding carboxylic acids is 2. The van der Waals surface area contributed by atoms with Crippen molar-refractivity contribution in [3.8, 4) is 0 Å². The van der Waals surface area contributed by atoms with Crippen LogP contribution < -0.4 is 10.6 Å². The molecule has 1 aliphatic carbocycles. The maximum absolute atomic E-state index is 13.8. The Labute approximate surface area is 141 Å². The van der Waals surface area contributed by atoms with Gasteiger partial charge < -0.3 is 15.5 Å². The molecule has 1 aromatic carbocycles. The molecule has 2 fully saturated rings. The Balaban J connectivity index is 1.68. The average molecular weight is 333 g/mol. The summed E-state index contributed by atoms with van der Waals surface area (Å²) < 4.78 is 13.8. The molecule has 6 heteroatoms. The highest BCUT2D eigenvalue weighted by Gasteiger charge is 2.38. The predicted molar refractivity (Wildman–Crippen MR) is 90.3 cm³/mol. The first kappa shape index (κ1) is 16.9. The van der Waals surface area contributed by atoms with Crippen LogP contribution in [0.5, 0.6) is 0 Å². The number of anilines is 1. The van der Waals surface area contributed by atoms with Crippen molar-refractivity contribution in [2.45, 2.75) is 44.2 Å². The number of carbonyl (C=O) groups is 2. The third kappa shape index (κ3) is 3.43. The highest BCUT2D eigenvalue weighted by atomic mass is 19.1.